The lowest BCUT2D eigenvalue weighted by Crippen LogP contribution is -2.42. The van der Waals surface area contributed by atoms with Crippen molar-refractivity contribution in [1.29, 1.82) is 0 Å². The van der Waals surface area contributed by atoms with Crippen LogP contribution in [-0.2, 0) is 15.5 Å². The fourth-order valence-corrected chi connectivity index (χ4v) is 2.51. The molecule has 1 amide bonds. The van der Waals surface area contributed by atoms with E-state index in [-0.39, 0.29) is 24.5 Å². The topological polar surface area (TPSA) is 57.6 Å². The summed E-state index contributed by atoms with van der Waals surface area (Å²) in [6, 6.07) is 4.93. The van der Waals surface area contributed by atoms with Crippen molar-refractivity contribution in [3.8, 4) is 0 Å². The number of carbonyl (C=O) groups is 2. The van der Waals surface area contributed by atoms with E-state index in [1.165, 1.54) is 19.1 Å². The average Bonchev–Trinajstić information content (AvgIpc) is 2.82. The van der Waals surface area contributed by atoms with Crippen LogP contribution in [0, 0.1) is 5.41 Å². The molecular weight excluding hydrogens is 304 g/mol. The fourth-order valence-electron chi connectivity index (χ4n) is 2.31. The van der Waals surface area contributed by atoms with Crippen LogP contribution in [0.5, 0.6) is 0 Å². The van der Waals surface area contributed by atoms with Crippen molar-refractivity contribution in [2.45, 2.75) is 19.3 Å². The number of carboxylic acids is 1. The molecule has 1 N–H and O–H groups in total. The fraction of sp³-hybridized carbons (Fsp3) is 0.429. The predicted molar refractivity (Wildman–Crippen MR) is 72.3 cm³/mol. The molecule has 21 heavy (non-hydrogen) atoms. The number of halogens is 3. The number of amides is 1. The minimum absolute atomic E-state index is 0.00219. The molecule has 1 fully saturated rings. The zero-order chi connectivity index (χ0) is 15.8. The third-order valence-corrected chi connectivity index (χ3v) is 3.97. The highest BCUT2D eigenvalue weighted by Crippen LogP contribution is 2.36. The van der Waals surface area contributed by atoms with Gasteiger partial charge in [-0.1, -0.05) is 23.7 Å². The van der Waals surface area contributed by atoms with E-state index in [4.69, 9.17) is 16.7 Å². The molecule has 7 heteroatoms. The molecule has 1 aliphatic heterocycles. The molecule has 0 radical (unpaired) electrons. The lowest BCUT2D eigenvalue weighted by molar-refractivity contribution is -0.159. The van der Waals surface area contributed by atoms with Gasteiger partial charge in [0.1, 0.15) is 0 Å². The molecule has 1 unspecified atom stereocenters. The molecule has 1 aromatic rings. The molecule has 0 aromatic heterocycles. The maximum Gasteiger partial charge on any atom is 0.350 e. The number of likely N-dealkylation sites (tertiary alicyclic amines) is 1. The molecule has 0 bridgehead atoms. The molecule has 1 saturated heterocycles. The van der Waals surface area contributed by atoms with Gasteiger partial charge in [-0.2, -0.15) is 8.78 Å². The number of hydrogen-bond donors (Lipinski definition) is 1. The highest BCUT2D eigenvalue weighted by atomic mass is 35.5. The molecule has 4 nitrogen and oxygen atoms in total. The molecule has 1 aromatic carbocycles. The Kier molecular flexibility index (Phi) is 3.93. The average molecular weight is 318 g/mol. The molecule has 0 spiro atoms. The standard InChI is InChI=1S/C14H14ClF2NO3/c1-13(12(20)21)5-6-18(8-13)11(19)14(16,17)9-3-2-4-10(15)7-9/h2-4,7H,5-6,8H2,1H3,(H,20,21). The molecule has 1 atom stereocenters. The summed E-state index contributed by atoms with van der Waals surface area (Å²) in [5.74, 6) is -6.21. The Hall–Kier alpha value is -1.69. The zero-order valence-electron chi connectivity index (χ0n) is 11.3. The number of benzene rings is 1. The normalized spacial score (nSPS) is 22.4. The van der Waals surface area contributed by atoms with E-state index < -0.39 is 28.8 Å². The van der Waals surface area contributed by atoms with Crippen LogP contribution in [0.25, 0.3) is 0 Å². The number of aliphatic carboxylic acids is 1. The first-order valence-corrected chi connectivity index (χ1v) is 6.71. The lowest BCUT2D eigenvalue weighted by Gasteiger charge is -2.24. The molecule has 2 rings (SSSR count). The summed E-state index contributed by atoms with van der Waals surface area (Å²) in [6.07, 6.45) is 0.152. The Morgan fingerprint density at radius 2 is 2.10 bits per heavy atom. The van der Waals surface area contributed by atoms with Crippen LogP contribution < -0.4 is 0 Å². The van der Waals surface area contributed by atoms with E-state index in [9.17, 15) is 18.4 Å². The van der Waals surface area contributed by atoms with E-state index in [0.29, 0.717) is 0 Å². The van der Waals surface area contributed by atoms with Crippen LogP contribution in [0.15, 0.2) is 24.3 Å². The Morgan fingerprint density at radius 3 is 2.62 bits per heavy atom. The first-order valence-electron chi connectivity index (χ1n) is 6.33. The second-order valence-electron chi connectivity index (χ2n) is 5.43. The summed E-state index contributed by atoms with van der Waals surface area (Å²) in [5, 5.41) is 9.19. The molecule has 0 aliphatic carbocycles. The van der Waals surface area contributed by atoms with Crippen molar-refractivity contribution in [1.82, 2.24) is 4.90 Å². The van der Waals surface area contributed by atoms with Crippen molar-refractivity contribution >= 4 is 23.5 Å². The Labute approximate surface area is 125 Å². The van der Waals surface area contributed by atoms with Crippen LogP contribution in [0.1, 0.15) is 18.9 Å². The molecular formula is C14H14ClF2NO3. The van der Waals surface area contributed by atoms with Gasteiger partial charge in [-0.15, -0.1) is 0 Å². The maximum absolute atomic E-state index is 14.2. The van der Waals surface area contributed by atoms with Crippen LogP contribution in [-0.4, -0.2) is 35.0 Å². The van der Waals surface area contributed by atoms with E-state index >= 15 is 0 Å². The SMILES string of the molecule is CC1(C(=O)O)CCN(C(=O)C(F)(F)c2cccc(Cl)c2)C1. The van der Waals surface area contributed by atoms with Crippen molar-refractivity contribution in [2.75, 3.05) is 13.1 Å². The monoisotopic (exact) mass is 317 g/mol. The first-order chi connectivity index (χ1) is 9.67. The number of carbonyl (C=O) groups excluding carboxylic acids is 1. The minimum atomic E-state index is -3.73. The highest BCUT2D eigenvalue weighted by Gasteiger charge is 2.50. The van der Waals surface area contributed by atoms with E-state index in [1.54, 1.807) is 0 Å². The maximum atomic E-state index is 14.2. The number of alkyl halides is 2. The third kappa shape index (κ3) is 2.85. The largest absolute Gasteiger partial charge is 0.481 e. The van der Waals surface area contributed by atoms with Crippen molar-refractivity contribution in [3.63, 3.8) is 0 Å². The van der Waals surface area contributed by atoms with Crippen molar-refractivity contribution in [2.24, 2.45) is 5.41 Å². The van der Waals surface area contributed by atoms with E-state index in [1.807, 2.05) is 0 Å². The zero-order valence-corrected chi connectivity index (χ0v) is 12.0. The summed E-state index contributed by atoms with van der Waals surface area (Å²) in [5.41, 5.74) is -1.68. The Morgan fingerprint density at radius 1 is 1.43 bits per heavy atom. The van der Waals surface area contributed by atoms with E-state index in [0.717, 1.165) is 17.0 Å². The number of hydrogen-bond acceptors (Lipinski definition) is 2. The molecule has 0 saturated carbocycles. The lowest BCUT2D eigenvalue weighted by atomic mass is 9.90. The van der Waals surface area contributed by atoms with Gasteiger partial charge in [0.15, 0.2) is 0 Å². The van der Waals surface area contributed by atoms with Crippen LogP contribution >= 0.6 is 11.6 Å². The summed E-state index contributed by atoms with van der Waals surface area (Å²) < 4.78 is 28.5. The van der Waals surface area contributed by atoms with Gasteiger partial charge in [0.2, 0.25) is 0 Å². The van der Waals surface area contributed by atoms with Gasteiger partial charge in [-0.25, -0.2) is 0 Å². The number of carboxylic acid groups (broad SMARTS) is 1. The minimum Gasteiger partial charge on any atom is -0.481 e. The quantitative estimate of drug-likeness (QED) is 0.932. The second-order valence-corrected chi connectivity index (χ2v) is 5.86. The predicted octanol–water partition coefficient (Wildman–Crippen LogP) is 2.76. The van der Waals surface area contributed by atoms with Crippen LogP contribution in [0.2, 0.25) is 5.02 Å². The van der Waals surface area contributed by atoms with Crippen LogP contribution in [0.4, 0.5) is 8.78 Å². The van der Waals surface area contributed by atoms with Crippen molar-refractivity contribution < 1.29 is 23.5 Å². The summed E-state index contributed by atoms with van der Waals surface area (Å²) in [6.45, 7) is 1.22. The van der Waals surface area contributed by atoms with Crippen LogP contribution in [0.3, 0.4) is 0 Å². The van der Waals surface area contributed by atoms with E-state index in [2.05, 4.69) is 0 Å². The highest BCUT2D eigenvalue weighted by molar-refractivity contribution is 6.30. The summed E-state index contributed by atoms with van der Waals surface area (Å²) in [7, 11) is 0. The van der Waals surface area contributed by atoms with Gasteiger partial charge in [-0.05, 0) is 25.5 Å². The summed E-state index contributed by atoms with van der Waals surface area (Å²) >= 11 is 5.67. The second kappa shape index (κ2) is 5.26. The third-order valence-electron chi connectivity index (χ3n) is 3.73. The van der Waals surface area contributed by atoms with Gasteiger partial charge < -0.3 is 10.0 Å². The number of nitrogens with zero attached hydrogens (tertiary/aromatic N) is 1. The first kappa shape index (κ1) is 15.7. The molecule has 114 valence electrons. The van der Waals surface area contributed by atoms with Gasteiger partial charge >= 0.3 is 11.9 Å². The molecule has 1 heterocycles. The smallest absolute Gasteiger partial charge is 0.350 e. The number of rotatable bonds is 3. The van der Waals surface area contributed by atoms with Gasteiger partial charge in [0.05, 0.1) is 5.41 Å². The van der Waals surface area contributed by atoms with Gasteiger partial charge in [0, 0.05) is 23.7 Å². The molecule has 1 aliphatic rings. The van der Waals surface area contributed by atoms with Gasteiger partial charge in [-0.3, -0.25) is 9.59 Å². The van der Waals surface area contributed by atoms with Crippen molar-refractivity contribution in [3.05, 3.63) is 34.9 Å². The van der Waals surface area contributed by atoms with Gasteiger partial charge in [0.25, 0.3) is 5.91 Å². The Bertz CT molecular complexity index is 593. The summed E-state index contributed by atoms with van der Waals surface area (Å²) in [4.78, 5) is 24.0. The Balaban J connectivity index is 2.22.